The Bertz CT molecular complexity index is 1130. The van der Waals surface area contributed by atoms with Crippen LogP contribution in [0.1, 0.15) is 60.1 Å². The quantitative estimate of drug-likeness (QED) is 0.636. The molecule has 0 saturated heterocycles. The van der Waals surface area contributed by atoms with Gasteiger partial charge < -0.3 is 10.4 Å². The van der Waals surface area contributed by atoms with Crippen LogP contribution in [-0.2, 0) is 41.2 Å². The first-order chi connectivity index (χ1) is 14.1. The van der Waals surface area contributed by atoms with Gasteiger partial charge in [0.1, 0.15) is 9.92 Å². The summed E-state index contributed by atoms with van der Waals surface area (Å²) in [5.41, 5.74) is 6.12. The molecule has 4 rings (SSSR count). The van der Waals surface area contributed by atoms with Crippen molar-refractivity contribution < 1.29 is 14.1 Å². The molecule has 0 heterocycles. The van der Waals surface area contributed by atoms with Gasteiger partial charge in [-0.3, -0.25) is 0 Å². The van der Waals surface area contributed by atoms with Crippen LogP contribution < -0.4 is 10.5 Å². The minimum Gasteiger partial charge on any atom is -0.386 e. The molecular formula is C23H31N3O3S2. The Morgan fingerprint density at radius 2 is 1.68 bits per heavy atom. The number of hydrogen-bond acceptors (Lipinski definition) is 3. The van der Waals surface area contributed by atoms with E-state index in [1.807, 2.05) is 0 Å². The lowest BCUT2D eigenvalue weighted by atomic mass is 9.97. The van der Waals surface area contributed by atoms with Gasteiger partial charge in [0, 0.05) is 5.69 Å². The van der Waals surface area contributed by atoms with Gasteiger partial charge >= 0.3 is 6.03 Å². The Labute approximate surface area is 191 Å². The molecular weight excluding hydrogens is 430 g/mol. The highest BCUT2D eigenvalue weighted by Crippen LogP contribution is 2.38. The third-order valence-electron chi connectivity index (χ3n) is 6.12. The number of nitrogens with one attached hydrogen (secondary N) is 1. The molecule has 0 aliphatic heterocycles. The van der Waals surface area contributed by atoms with Crippen LogP contribution in [0.25, 0.3) is 0 Å². The fourth-order valence-electron chi connectivity index (χ4n) is 4.63. The molecule has 1 unspecified atom stereocenters. The number of nitrogens with zero attached hydrogens (tertiary/aromatic N) is 1. The predicted octanol–water partition coefficient (Wildman–Crippen LogP) is 4.25. The molecule has 0 spiro atoms. The second kappa shape index (κ2) is 8.58. The largest absolute Gasteiger partial charge is 0.386 e. The van der Waals surface area contributed by atoms with Gasteiger partial charge in [-0.05, 0) is 98.7 Å². The summed E-state index contributed by atoms with van der Waals surface area (Å²) in [5.74, 6) is 0. The summed E-state index contributed by atoms with van der Waals surface area (Å²) < 4.78 is 17.0. The lowest BCUT2D eigenvalue weighted by Crippen LogP contribution is -2.21. The number of aliphatic hydroxyl groups is 1. The Kier molecular flexibility index (Phi) is 6.58. The normalized spacial score (nSPS) is 16.7. The van der Waals surface area contributed by atoms with Gasteiger partial charge in [0.05, 0.1) is 10.5 Å². The first-order valence-corrected chi connectivity index (χ1v) is 12.0. The molecule has 1 atom stereocenters. The number of aryl methyl sites for hydroxylation is 3. The van der Waals surface area contributed by atoms with E-state index in [9.17, 15) is 14.1 Å². The fourth-order valence-corrected chi connectivity index (χ4v) is 5.80. The lowest BCUT2D eigenvalue weighted by molar-refractivity contribution is 0.0784. The maximum absolute atomic E-state index is 13.1. The number of amides is 2. The van der Waals surface area contributed by atoms with Crippen molar-refractivity contribution in [1.29, 1.82) is 0 Å². The van der Waals surface area contributed by atoms with Crippen molar-refractivity contribution in [1.82, 2.24) is 0 Å². The van der Waals surface area contributed by atoms with Crippen molar-refractivity contribution in [3.05, 3.63) is 57.6 Å². The highest BCUT2D eigenvalue weighted by Gasteiger charge is 2.25. The molecule has 8 heteroatoms. The minimum absolute atomic E-state index is 0. The SMILES string of the molecule is Cc1cc(C(C)(C)O)ccc1S(N)(=O)=NC(=O)Nc1c2c(cc3c1CCC3)CCC2.S. The smallest absolute Gasteiger partial charge is 0.354 e. The van der Waals surface area contributed by atoms with Crippen LogP contribution in [0.15, 0.2) is 33.5 Å². The highest BCUT2D eigenvalue weighted by atomic mass is 32.2. The Morgan fingerprint density at radius 1 is 1.10 bits per heavy atom. The van der Waals surface area contributed by atoms with E-state index in [0.29, 0.717) is 16.0 Å². The van der Waals surface area contributed by atoms with E-state index in [4.69, 9.17) is 5.14 Å². The van der Waals surface area contributed by atoms with E-state index >= 15 is 0 Å². The van der Waals surface area contributed by atoms with Gasteiger partial charge in [0.25, 0.3) is 0 Å². The molecule has 2 aromatic carbocycles. The number of fused-ring (bicyclic) bond motifs is 2. The van der Waals surface area contributed by atoms with E-state index in [1.54, 1.807) is 39.0 Å². The van der Waals surface area contributed by atoms with E-state index in [2.05, 4.69) is 15.7 Å². The van der Waals surface area contributed by atoms with Crippen molar-refractivity contribution in [2.24, 2.45) is 9.50 Å². The van der Waals surface area contributed by atoms with Gasteiger partial charge in [-0.15, -0.1) is 4.36 Å². The van der Waals surface area contributed by atoms with Crippen molar-refractivity contribution in [2.75, 3.05) is 5.32 Å². The van der Waals surface area contributed by atoms with Crippen LogP contribution in [-0.4, -0.2) is 15.3 Å². The minimum atomic E-state index is -3.42. The molecule has 0 bridgehead atoms. The second-order valence-corrected chi connectivity index (χ2v) is 10.6. The number of rotatable bonds is 3. The molecule has 0 aromatic heterocycles. The number of carbonyl (C=O) groups excluding carboxylic acids is 1. The standard InChI is InChI=1S/C23H29N3O3S.H2S/c1-14-12-17(23(2,3)28)10-11-20(14)30(24,29)26-22(27)25-21-18-8-4-6-15(18)13-16-7-5-9-19(16)21;/h10-13,28H,4-9H2,1-3H3,(H3,24,25,26,27,29);1H2. The number of urea groups is 1. The van der Waals surface area contributed by atoms with Gasteiger partial charge in [-0.25, -0.2) is 14.1 Å². The molecule has 4 N–H and O–H groups in total. The number of hydrogen-bond donors (Lipinski definition) is 3. The number of nitrogens with two attached hydrogens (primary N) is 1. The van der Waals surface area contributed by atoms with Gasteiger partial charge in [-0.2, -0.15) is 13.5 Å². The van der Waals surface area contributed by atoms with Gasteiger partial charge in [0.2, 0.25) is 0 Å². The maximum Gasteiger partial charge on any atom is 0.354 e. The van der Waals surface area contributed by atoms with Crippen LogP contribution in [0.5, 0.6) is 0 Å². The van der Waals surface area contributed by atoms with Crippen LogP contribution in [0.3, 0.4) is 0 Å². The van der Waals surface area contributed by atoms with Crippen LogP contribution in [0, 0.1) is 6.92 Å². The van der Waals surface area contributed by atoms with Crippen LogP contribution >= 0.6 is 13.5 Å². The van der Waals surface area contributed by atoms with Crippen LogP contribution in [0.2, 0.25) is 0 Å². The van der Waals surface area contributed by atoms with Crippen molar-refractivity contribution in [3.8, 4) is 0 Å². The number of anilines is 1. The van der Waals surface area contributed by atoms with Gasteiger partial charge in [-0.1, -0.05) is 18.2 Å². The first kappa shape index (κ1) is 23.8. The average molecular weight is 462 g/mol. The van der Waals surface area contributed by atoms with Crippen molar-refractivity contribution in [2.45, 2.75) is 69.8 Å². The summed E-state index contributed by atoms with van der Waals surface area (Å²) in [6.45, 7) is 5.10. The molecule has 31 heavy (non-hydrogen) atoms. The zero-order valence-electron chi connectivity index (χ0n) is 18.2. The molecule has 2 amide bonds. The topological polar surface area (TPSA) is 105 Å². The van der Waals surface area contributed by atoms with Crippen molar-refractivity contribution in [3.63, 3.8) is 0 Å². The predicted molar refractivity (Wildman–Crippen MR) is 129 cm³/mol. The summed E-state index contributed by atoms with van der Waals surface area (Å²) in [5, 5.41) is 19.1. The molecule has 2 aliphatic carbocycles. The molecule has 0 fully saturated rings. The average Bonchev–Trinajstić information content (AvgIpc) is 3.28. The number of carbonyl (C=O) groups is 1. The maximum atomic E-state index is 13.1. The third-order valence-corrected chi connectivity index (χ3v) is 7.65. The Morgan fingerprint density at radius 3 is 2.19 bits per heavy atom. The van der Waals surface area contributed by atoms with Gasteiger partial charge in [0.15, 0.2) is 0 Å². The molecule has 0 radical (unpaired) electrons. The van der Waals surface area contributed by atoms with Crippen LogP contribution in [0.4, 0.5) is 10.5 Å². The van der Waals surface area contributed by atoms with E-state index in [-0.39, 0.29) is 13.5 Å². The summed E-state index contributed by atoms with van der Waals surface area (Å²) in [6, 6.07) is 6.59. The lowest BCUT2D eigenvalue weighted by Gasteiger charge is -2.19. The molecule has 2 aliphatic rings. The summed E-state index contributed by atoms with van der Waals surface area (Å²) in [4.78, 5) is 13.1. The second-order valence-electron chi connectivity index (χ2n) is 8.86. The van der Waals surface area contributed by atoms with E-state index in [0.717, 1.165) is 44.2 Å². The van der Waals surface area contributed by atoms with E-state index in [1.165, 1.54) is 22.3 Å². The zero-order chi connectivity index (χ0) is 21.7. The first-order valence-electron chi connectivity index (χ1n) is 10.4. The Balaban J connectivity index is 0.00000272. The zero-order valence-corrected chi connectivity index (χ0v) is 20.1. The summed E-state index contributed by atoms with van der Waals surface area (Å²) in [6.07, 6.45) is 6.10. The Hall–Kier alpha value is -1.87. The number of benzene rings is 2. The van der Waals surface area contributed by atoms with E-state index < -0.39 is 21.5 Å². The molecule has 168 valence electrons. The molecule has 6 nitrogen and oxygen atoms in total. The summed E-state index contributed by atoms with van der Waals surface area (Å²) >= 11 is 0. The van der Waals surface area contributed by atoms with Crippen molar-refractivity contribution >= 4 is 35.1 Å². The summed E-state index contributed by atoms with van der Waals surface area (Å²) in [7, 11) is -3.42. The third kappa shape index (κ3) is 4.67. The fraction of sp³-hybridized carbons (Fsp3) is 0.435. The molecule has 0 saturated carbocycles. The highest BCUT2D eigenvalue weighted by molar-refractivity contribution is 7.91. The monoisotopic (exact) mass is 461 g/mol. The molecule has 2 aromatic rings.